The fourth-order valence-electron chi connectivity index (χ4n) is 1.94. The van der Waals surface area contributed by atoms with Gasteiger partial charge in [-0.3, -0.25) is 4.79 Å². The zero-order chi connectivity index (χ0) is 16.9. The summed E-state index contributed by atoms with van der Waals surface area (Å²) in [4.78, 5) is 13.2. The Balaban J connectivity index is 3.14. The van der Waals surface area contributed by atoms with Gasteiger partial charge in [0, 0.05) is 25.7 Å². The van der Waals surface area contributed by atoms with Gasteiger partial charge in [0.2, 0.25) is 10.0 Å². The van der Waals surface area contributed by atoms with Crippen LogP contribution >= 0.6 is 0 Å². The quantitative estimate of drug-likeness (QED) is 0.779. The van der Waals surface area contributed by atoms with Crippen molar-refractivity contribution in [1.82, 2.24) is 9.62 Å². The predicted molar refractivity (Wildman–Crippen MR) is 83.6 cm³/mol. The van der Waals surface area contributed by atoms with Crippen LogP contribution < -0.4 is 4.72 Å². The summed E-state index contributed by atoms with van der Waals surface area (Å²) >= 11 is 0. The summed E-state index contributed by atoms with van der Waals surface area (Å²) in [6.45, 7) is 7.82. The molecule has 0 radical (unpaired) electrons. The van der Waals surface area contributed by atoms with Crippen LogP contribution in [0, 0.1) is 11.7 Å². The molecule has 22 heavy (non-hydrogen) atoms. The minimum Gasteiger partial charge on any atom is -0.341 e. The molecule has 0 heterocycles. The lowest BCUT2D eigenvalue weighted by atomic mass is 10.1. The maximum atomic E-state index is 13.8. The van der Waals surface area contributed by atoms with Crippen molar-refractivity contribution >= 4 is 15.9 Å². The lowest BCUT2D eigenvalue weighted by Crippen LogP contribution is -2.31. The maximum Gasteiger partial charge on any atom is 0.253 e. The second-order valence-electron chi connectivity index (χ2n) is 5.37. The third kappa shape index (κ3) is 4.64. The molecule has 1 aromatic rings. The maximum absolute atomic E-state index is 13.8. The third-order valence-corrected chi connectivity index (χ3v) is 4.31. The molecule has 0 fully saturated rings. The highest BCUT2D eigenvalue weighted by Crippen LogP contribution is 2.17. The summed E-state index contributed by atoms with van der Waals surface area (Å²) in [5.74, 6) is -0.986. The molecule has 0 saturated heterocycles. The normalized spacial score (nSPS) is 11.5. The Hall–Kier alpha value is -1.73. The number of hydrogen-bond donors (Lipinski definition) is 1. The third-order valence-electron chi connectivity index (χ3n) is 2.87. The van der Waals surface area contributed by atoms with Gasteiger partial charge in [-0.15, -0.1) is 6.58 Å². The van der Waals surface area contributed by atoms with Crippen LogP contribution in [0.2, 0.25) is 0 Å². The summed E-state index contributed by atoms with van der Waals surface area (Å²) in [5.41, 5.74) is 0.128. The predicted octanol–water partition coefficient (Wildman–Crippen LogP) is 2.02. The fraction of sp³-hybridized carbons (Fsp3) is 0.400. The number of carbonyl (C=O) groups excluding carboxylic acids is 1. The number of nitrogens with one attached hydrogen (secondary N) is 1. The molecule has 1 N–H and O–H groups in total. The van der Waals surface area contributed by atoms with Crippen LogP contribution in [0.3, 0.4) is 0 Å². The molecular weight excluding hydrogens is 307 g/mol. The number of carbonyl (C=O) groups is 1. The first kappa shape index (κ1) is 18.3. The van der Waals surface area contributed by atoms with Crippen LogP contribution in [-0.4, -0.2) is 39.4 Å². The second-order valence-corrected chi connectivity index (χ2v) is 7.10. The minimum atomic E-state index is -4.02. The van der Waals surface area contributed by atoms with Crippen molar-refractivity contribution in [3.05, 3.63) is 42.2 Å². The number of rotatable bonds is 7. The first-order valence-electron chi connectivity index (χ1n) is 6.84. The van der Waals surface area contributed by atoms with Gasteiger partial charge in [-0.1, -0.05) is 19.9 Å². The Labute approximate surface area is 130 Å². The number of amides is 1. The van der Waals surface area contributed by atoms with Crippen LogP contribution in [0.25, 0.3) is 0 Å². The number of halogens is 1. The molecule has 1 amide bonds. The molecule has 0 aliphatic carbocycles. The van der Waals surface area contributed by atoms with Crippen molar-refractivity contribution in [3.8, 4) is 0 Å². The molecule has 0 aromatic heterocycles. The summed E-state index contributed by atoms with van der Waals surface area (Å²) < 4.78 is 40.0. The molecule has 0 unspecified atom stereocenters. The Morgan fingerprint density at radius 3 is 2.64 bits per heavy atom. The van der Waals surface area contributed by atoms with Crippen LogP contribution in [-0.2, 0) is 10.0 Å². The van der Waals surface area contributed by atoms with Crippen LogP contribution in [0.15, 0.2) is 35.7 Å². The van der Waals surface area contributed by atoms with Gasteiger partial charge in [0.05, 0.1) is 0 Å². The molecule has 0 bridgehead atoms. The summed E-state index contributed by atoms with van der Waals surface area (Å²) in [6.07, 6.45) is 1.35. The van der Waals surface area contributed by atoms with E-state index < -0.39 is 20.7 Å². The standard InChI is InChI=1S/C15H21FN2O3S/c1-5-8-17-22(20,21)14-9-12(6-7-13(14)16)15(19)18(4)10-11(2)3/h5-7,9,11,17H,1,8,10H2,2-4H3. The highest BCUT2D eigenvalue weighted by molar-refractivity contribution is 7.89. The van der Waals surface area contributed by atoms with Gasteiger partial charge in [0.15, 0.2) is 0 Å². The number of sulfonamides is 1. The Kier molecular flexibility index (Phi) is 6.25. The van der Waals surface area contributed by atoms with Crippen LogP contribution in [0.1, 0.15) is 24.2 Å². The molecule has 0 aliphatic rings. The second kappa shape index (κ2) is 7.51. The topological polar surface area (TPSA) is 66.5 Å². The SMILES string of the molecule is C=CCNS(=O)(=O)c1cc(C(=O)N(C)CC(C)C)ccc1F. The van der Waals surface area contributed by atoms with Crippen molar-refractivity contribution in [3.63, 3.8) is 0 Å². The number of benzene rings is 1. The van der Waals surface area contributed by atoms with Gasteiger partial charge < -0.3 is 4.90 Å². The van der Waals surface area contributed by atoms with Gasteiger partial charge in [-0.2, -0.15) is 0 Å². The molecular formula is C15H21FN2O3S. The molecule has 1 rings (SSSR count). The van der Waals surface area contributed by atoms with Crippen molar-refractivity contribution < 1.29 is 17.6 Å². The summed E-state index contributed by atoms with van der Waals surface area (Å²) in [5, 5.41) is 0. The zero-order valence-electron chi connectivity index (χ0n) is 13.0. The van der Waals surface area contributed by atoms with Gasteiger partial charge in [-0.05, 0) is 24.1 Å². The van der Waals surface area contributed by atoms with E-state index in [1.54, 1.807) is 7.05 Å². The average Bonchev–Trinajstić information content (AvgIpc) is 2.44. The summed E-state index contributed by atoms with van der Waals surface area (Å²) in [7, 11) is -2.40. The van der Waals surface area contributed by atoms with E-state index in [1.165, 1.54) is 17.0 Å². The smallest absolute Gasteiger partial charge is 0.253 e. The Morgan fingerprint density at radius 1 is 1.45 bits per heavy atom. The molecule has 0 saturated carbocycles. The van der Waals surface area contributed by atoms with E-state index in [2.05, 4.69) is 11.3 Å². The minimum absolute atomic E-state index is 0.0206. The van der Waals surface area contributed by atoms with Gasteiger partial charge in [-0.25, -0.2) is 17.5 Å². The fourth-order valence-corrected chi connectivity index (χ4v) is 3.04. The van der Waals surface area contributed by atoms with E-state index in [0.29, 0.717) is 6.54 Å². The summed E-state index contributed by atoms with van der Waals surface area (Å²) in [6, 6.07) is 3.32. The highest BCUT2D eigenvalue weighted by Gasteiger charge is 2.22. The van der Waals surface area contributed by atoms with Crippen molar-refractivity contribution in [2.75, 3.05) is 20.1 Å². The monoisotopic (exact) mass is 328 g/mol. The van der Waals surface area contributed by atoms with E-state index in [-0.39, 0.29) is 23.9 Å². The molecule has 0 aliphatic heterocycles. The van der Waals surface area contributed by atoms with Gasteiger partial charge in [0.1, 0.15) is 10.7 Å². The van der Waals surface area contributed by atoms with Crippen molar-refractivity contribution in [2.45, 2.75) is 18.7 Å². The molecule has 5 nitrogen and oxygen atoms in total. The van der Waals surface area contributed by atoms with Crippen LogP contribution in [0.5, 0.6) is 0 Å². The average molecular weight is 328 g/mol. The van der Waals surface area contributed by atoms with Crippen LogP contribution in [0.4, 0.5) is 4.39 Å². The molecule has 0 spiro atoms. The van der Waals surface area contributed by atoms with E-state index >= 15 is 0 Å². The highest BCUT2D eigenvalue weighted by atomic mass is 32.2. The largest absolute Gasteiger partial charge is 0.341 e. The van der Waals surface area contributed by atoms with Gasteiger partial charge >= 0.3 is 0 Å². The van der Waals surface area contributed by atoms with E-state index in [1.807, 2.05) is 13.8 Å². The lowest BCUT2D eigenvalue weighted by molar-refractivity contribution is 0.0779. The first-order chi connectivity index (χ1) is 10.2. The Bertz CT molecular complexity index is 657. The number of nitrogens with zero attached hydrogens (tertiary/aromatic N) is 1. The zero-order valence-corrected chi connectivity index (χ0v) is 13.8. The molecule has 1 aromatic carbocycles. The number of hydrogen-bond acceptors (Lipinski definition) is 3. The Morgan fingerprint density at radius 2 is 2.09 bits per heavy atom. The van der Waals surface area contributed by atoms with E-state index in [9.17, 15) is 17.6 Å². The first-order valence-corrected chi connectivity index (χ1v) is 8.33. The van der Waals surface area contributed by atoms with E-state index in [4.69, 9.17) is 0 Å². The lowest BCUT2D eigenvalue weighted by Gasteiger charge is -2.19. The molecule has 0 atom stereocenters. The van der Waals surface area contributed by atoms with Gasteiger partial charge in [0.25, 0.3) is 5.91 Å². The van der Waals surface area contributed by atoms with Crippen molar-refractivity contribution in [1.29, 1.82) is 0 Å². The molecule has 122 valence electrons. The van der Waals surface area contributed by atoms with Crippen molar-refractivity contribution in [2.24, 2.45) is 5.92 Å². The van der Waals surface area contributed by atoms with E-state index in [0.717, 1.165) is 12.1 Å². The molecule has 7 heteroatoms.